The van der Waals surface area contributed by atoms with Crippen LogP contribution in [0.5, 0.6) is 0 Å². The van der Waals surface area contributed by atoms with Crippen molar-refractivity contribution >= 4 is 5.57 Å². The van der Waals surface area contributed by atoms with Crippen molar-refractivity contribution in [3.63, 3.8) is 0 Å². The number of benzene rings is 2. The maximum atomic E-state index is 2.28. The van der Waals surface area contributed by atoms with Crippen LogP contribution < -0.4 is 0 Å². The van der Waals surface area contributed by atoms with E-state index >= 15 is 0 Å². The van der Waals surface area contributed by atoms with Gasteiger partial charge in [-0.1, -0.05) is 66.7 Å². The third-order valence-electron chi connectivity index (χ3n) is 2.72. The molecule has 0 aliphatic carbocycles. The second-order valence-electron chi connectivity index (χ2n) is 3.94. The Morgan fingerprint density at radius 1 is 0.875 bits per heavy atom. The topological polar surface area (TPSA) is 0 Å². The van der Waals surface area contributed by atoms with Crippen LogP contribution in [0.4, 0.5) is 0 Å². The molecule has 0 radical (unpaired) electrons. The van der Waals surface area contributed by atoms with Gasteiger partial charge in [0.1, 0.15) is 0 Å². The van der Waals surface area contributed by atoms with Gasteiger partial charge in [0.2, 0.25) is 0 Å². The molecule has 0 saturated heterocycles. The predicted octanol–water partition coefficient (Wildman–Crippen LogP) is 4.33. The Morgan fingerprint density at radius 2 is 1.44 bits per heavy atom. The van der Waals surface area contributed by atoms with Crippen LogP contribution in [0.3, 0.4) is 0 Å². The first kappa shape index (κ1) is 10.7. The monoisotopic (exact) mass is 208 g/mol. The molecule has 16 heavy (non-hydrogen) atoms. The molecule has 0 N–H and O–H groups in total. The highest BCUT2D eigenvalue weighted by Crippen LogP contribution is 2.14. The average molecular weight is 208 g/mol. The summed E-state index contributed by atoms with van der Waals surface area (Å²) in [5, 5.41) is 0. The molecule has 0 bridgehead atoms. The van der Waals surface area contributed by atoms with Gasteiger partial charge in [-0.3, -0.25) is 0 Å². The van der Waals surface area contributed by atoms with Gasteiger partial charge < -0.3 is 0 Å². The summed E-state index contributed by atoms with van der Waals surface area (Å²) in [6.07, 6.45) is 3.28. The summed E-state index contributed by atoms with van der Waals surface area (Å²) < 4.78 is 0. The summed E-state index contributed by atoms with van der Waals surface area (Å²) in [4.78, 5) is 0. The number of allylic oxidation sites excluding steroid dienone is 2. The number of hydrogen-bond acceptors (Lipinski definition) is 0. The van der Waals surface area contributed by atoms with Gasteiger partial charge in [-0.2, -0.15) is 0 Å². The zero-order valence-corrected chi connectivity index (χ0v) is 9.56. The van der Waals surface area contributed by atoms with Crippen LogP contribution in [0, 0.1) is 0 Å². The molecule has 0 aliphatic rings. The Morgan fingerprint density at radius 3 is 2.06 bits per heavy atom. The lowest BCUT2D eigenvalue weighted by atomic mass is 10.0. The van der Waals surface area contributed by atoms with Gasteiger partial charge in [-0.15, -0.1) is 0 Å². The van der Waals surface area contributed by atoms with Gasteiger partial charge in [0, 0.05) is 0 Å². The molecule has 0 nitrogen and oxygen atoms in total. The minimum atomic E-state index is 1.00. The standard InChI is InChI=1S/C16H16/c1-14(16-10-6-3-7-11-16)12-13-15-8-4-2-5-9-15/h2-12H,13H2,1H3/b14-12-. The fourth-order valence-corrected chi connectivity index (χ4v) is 1.70. The molecule has 0 spiro atoms. The van der Waals surface area contributed by atoms with E-state index in [9.17, 15) is 0 Å². The number of rotatable bonds is 3. The van der Waals surface area contributed by atoms with Gasteiger partial charge in [0.25, 0.3) is 0 Å². The van der Waals surface area contributed by atoms with Gasteiger partial charge in [-0.25, -0.2) is 0 Å². The summed E-state index contributed by atoms with van der Waals surface area (Å²) in [6.45, 7) is 2.16. The first-order valence-corrected chi connectivity index (χ1v) is 5.62. The van der Waals surface area contributed by atoms with Crippen molar-refractivity contribution in [1.29, 1.82) is 0 Å². The Bertz CT molecular complexity index is 452. The van der Waals surface area contributed by atoms with E-state index in [0.717, 1.165) is 6.42 Å². The first-order chi connectivity index (χ1) is 7.86. The molecule has 0 aliphatic heterocycles. The molecule has 2 aromatic rings. The second kappa shape index (κ2) is 5.32. The van der Waals surface area contributed by atoms with Crippen LogP contribution in [-0.2, 0) is 6.42 Å². The van der Waals surface area contributed by atoms with E-state index in [4.69, 9.17) is 0 Å². The van der Waals surface area contributed by atoms with Gasteiger partial charge in [-0.05, 0) is 30.0 Å². The summed E-state index contributed by atoms with van der Waals surface area (Å²) in [6, 6.07) is 21.1. The normalized spacial score (nSPS) is 11.4. The molecule has 0 amide bonds. The quantitative estimate of drug-likeness (QED) is 0.704. The highest BCUT2D eigenvalue weighted by atomic mass is 14.0. The van der Waals surface area contributed by atoms with E-state index in [0.29, 0.717) is 0 Å². The largest absolute Gasteiger partial charge is 0.0766 e. The highest BCUT2D eigenvalue weighted by molar-refractivity contribution is 5.63. The molecule has 0 saturated carbocycles. The second-order valence-corrected chi connectivity index (χ2v) is 3.94. The number of hydrogen-bond donors (Lipinski definition) is 0. The zero-order chi connectivity index (χ0) is 11.2. The third-order valence-corrected chi connectivity index (χ3v) is 2.72. The first-order valence-electron chi connectivity index (χ1n) is 5.62. The molecule has 0 atom stereocenters. The smallest absolute Gasteiger partial charge is 0.00915 e. The molecule has 0 fully saturated rings. The lowest BCUT2D eigenvalue weighted by molar-refractivity contribution is 1.27. The molecule has 0 heterocycles. The van der Waals surface area contributed by atoms with Crippen molar-refractivity contribution in [2.75, 3.05) is 0 Å². The molecule has 0 heteroatoms. The lowest BCUT2D eigenvalue weighted by Crippen LogP contribution is -1.83. The molecule has 0 unspecified atom stereocenters. The summed E-state index contributed by atoms with van der Waals surface area (Å²) in [5.41, 5.74) is 4.00. The molecule has 2 aromatic carbocycles. The predicted molar refractivity (Wildman–Crippen MR) is 70.2 cm³/mol. The van der Waals surface area contributed by atoms with Crippen molar-refractivity contribution in [2.24, 2.45) is 0 Å². The van der Waals surface area contributed by atoms with E-state index in [1.54, 1.807) is 0 Å². The summed E-state index contributed by atoms with van der Waals surface area (Å²) >= 11 is 0. The van der Waals surface area contributed by atoms with Gasteiger partial charge in [0.05, 0.1) is 0 Å². The zero-order valence-electron chi connectivity index (χ0n) is 9.56. The van der Waals surface area contributed by atoms with E-state index in [-0.39, 0.29) is 0 Å². The van der Waals surface area contributed by atoms with Gasteiger partial charge in [0.15, 0.2) is 0 Å². The van der Waals surface area contributed by atoms with E-state index in [2.05, 4.69) is 67.6 Å². The Hall–Kier alpha value is -1.82. The van der Waals surface area contributed by atoms with Crippen LogP contribution in [0.25, 0.3) is 5.57 Å². The van der Waals surface area contributed by atoms with Crippen molar-refractivity contribution in [1.82, 2.24) is 0 Å². The summed E-state index contributed by atoms with van der Waals surface area (Å²) in [7, 11) is 0. The maximum absolute atomic E-state index is 2.28. The van der Waals surface area contributed by atoms with Crippen molar-refractivity contribution in [3.05, 3.63) is 77.9 Å². The van der Waals surface area contributed by atoms with Crippen molar-refractivity contribution < 1.29 is 0 Å². The molecule has 2 rings (SSSR count). The SMILES string of the molecule is C/C(=C/Cc1ccccc1)c1ccccc1. The Labute approximate surface area is 97.3 Å². The summed E-state index contributed by atoms with van der Waals surface area (Å²) in [5.74, 6) is 0. The minimum Gasteiger partial charge on any atom is -0.0766 e. The molecular formula is C16H16. The average Bonchev–Trinajstić information content (AvgIpc) is 2.38. The van der Waals surface area contributed by atoms with Crippen molar-refractivity contribution in [3.8, 4) is 0 Å². The molecule has 80 valence electrons. The Balaban J connectivity index is 2.09. The fourth-order valence-electron chi connectivity index (χ4n) is 1.70. The van der Waals surface area contributed by atoms with E-state index < -0.39 is 0 Å². The lowest BCUT2D eigenvalue weighted by Gasteiger charge is -2.01. The molecular weight excluding hydrogens is 192 g/mol. The van der Waals surface area contributed by atoms with Gasteiger partial charge >= 0.3 is 0 Å². The van der Waals surface area contributed by atoms with Crippen LogP contribution in [0.1, 0.15) is 18.1 Å². The van der Waals surface area contributed by atoms with Crippen LogP contribution in [0.15, 0.2) is 66.7 Å². The van der Waals surface area contributed by atoms with Crippen molar-refractivity contribution in [2.45, 2.75) is 13.3 Å². The van der Waals surface area contributed by atoms with Crippen LogP contribution in [-0.4, -0.2) is 0 Å². The minimum absolute atomic E-state index is 1.00. The fraction of sp³-hybridized carbons (Fsp3) is 0.125. The highest BCUT2D eigenvalue weighted by Gasteiger charge is 1.93. The van der Waals surface area contributed by atoms with Crippen LogP contribution >= 0.6 is 0 Å². The third kappa shape index (κ3) is 2.83. The maximum Gasteiger partial charge on any atom is -0.00915 e. The van der Waals surface area contributed by atoms with Crippen LogP contribution in [0.2, 0.25) is 0 Å². The van der Waals surface area contributed by atoms with E-state index in [1.807, 2.05) is 6.07 Å². The molecule has 0 aromatic heterocycles. The Kier molecular flexibility index (Phi) is 3.55. The van der Waals surface area contributed by atoms with E-state index in [1.165, 1.54) is 16.7 Å².